The van der Waals surface area contributed by atoms with Crippen molar-refractivity contribution in [3.05, 3.63) is 89.5 Å². The summed E-state index contributed by atoms with van der Waals surface area (Å²) < 4.78 is 11.0. The largest absolute Gasteiger partial charge is 0.497 e. The highest BCUT2D eigenvalue weighted by atomic mass is 16.5. The lowest BCUT2D eigenvalue weighted by atomic mass is 10.0. The van der Waals surface area contributed by atoms with Crippen molar-refractivity contribution < 1.29 is 19.1 Å². The molecule has 0 heterocycles. The van der Waals surface area contributed by atoms with Gasteiger partial charge in [-0.1, -0.05) is 42.5 Å². The molecular weight excluding hydrogens is 364 g/mol. The second kappa shape index (κ2) is 10.4. The highest BCUT2D eigenvalue weighted by Crippen LogP contribution is 2.22. The fraction of sp³-hybridized carbons (Fsp3) is 0.280. The molecule has 2 aromatic rings. The van der Waals surface area contributed by atoms with Gasteiger partial charge in [-0.2, -0.15) is 0 Å². The Kier molecular flexibility index (Phi) is 7.40. The van der Waals surface area contributed by atoms with E-state index in [1.165, 1.54) is 5.56 Å². The molecule has 1 aliphatic carbocycles. The van der Waals surface area contributed by atoms with Crippen molar-refractivity contribution in [2.45, 2.75) is 38.2 Å². The van der Waals surface area contributed by atoms with Gasteiger partial charge in [0.25, 0.3) is 0 Å². The molecule has 0 bridgehead atoms. The van der Waals surface area contributed by atoms with E-state index in [4.69, 9.17) is 9.47 Å². The zero-order chi connectivity index (χ0) is 20.5. The fourth-order valence-corrected chi connectivity index (χ4v) is 3.32. The molecule has 2 aromatic carbocycles. The highest BCUT2D eigenvalue weighted by molar-refractivity contribution is 5.97. The predicted molar refractivity (Wildman–Crippen MR) is 113 cm³/mol. The summed E-state index contributed by atoms with van der Waals surface area (Å²) in [6.45, 7) is 0. The van der Waals surface area contributed by atoms with Crippen LogP contribution in [-0.2, 0) is 16.0 Å². The van der Waals surface area contributed by atoms with Crippen molar-refractivity contribution >= 4 is 11.8 Å². The number of benzene rings is 2. The average Bonchev–Trinajstić information content (AvgIpc) is 3.16. The SMILES string of the molecule is COc1cccc(CC/C=C/C(CC2=CCCC2=O)OC(=O)c2ccccc2)c1. The smallest absolute Gasteiger partial charge is 0.338 e. The van der Waals surface area contributed by atoms with Gasteiger partial charge in [0.2, 0.25) is 0 Å². The summed E-state index contributed by atoms with van der Waals surface area (Å²) in [6, 6.07) is 16.9. The third kappa shape index (κ3) is 6.18. The zero-order valence-electron chi connectivity index (χ0n) is 16.7. The maximum absolute atomic E-state index is 12.5. The van der Waals surface area contributed by atoms with E-state index in [0.717, 1.165) is 30.6 Å². The monoisotopic (exact) mass is 390 g/mol. The molecule has 0 saturated carbocycles. The van der Waals surface area contributed by atoms with Crippen LogP contribution >= 0.6 is 0 Å². The van der Waals surface area contributed by atoms with Crippen molar-refractivity contribution in [1.29, 1.82) is 0 Å². The van der Waals surface area contributed by atoms with Crippen molar-refractivity contribution in [3.63, 3.8) is 0 Å². The van der Waals surface area contributed by atoms with E-state index < -0.39 is 6.10 Å². The molecule has 0 fully saturated rings. The Morgan fingerprint density at radius 3 is 2.69 bits per heavy atom. The lowest BCUT2D eigenvalue weighted by molar-refractivity contribution is -0.115. The predicted octanol–water partition coefficient (Wildman–Crippen LogP) is 5.09. The number of hydrogen-bond donors (Lipinski definition) is 0. The highest BCUT2D eigenvalue weighted by Gasteiger charge is 2.21. The summed E-state index contributed by atoms with van der Waals surface area (Å²) in [6.07, 6.45) is 8.81. The first-order valence-corrected chi connectivity index (χ1v) is 9.93. The van der Waals surface area contributed by atoms with E-state index >= 15 is 0 Å². The van der Waals surface area contributed by atoms with Crippen molar-refractivity contribution in [1.82, 2.24) is 0 Å². The Labute approximate surface area is 171 Å². The van der Waals surface area contributed by atoms with E-state index in [9.17, 15) is 9.59 Å². The topological polar surface area (TPSA) is 52.6 Å². The number of Topliss-reactive ketones (excluding diaryl/α,β-unsaturated/α-hetero) is 1. The number of methoxy groups -OCH3 is 1. The summed E-state index contributed by atoms with van der Waals surface area (Å²) in [4.78, 5) is 24.5. The fourth-order valence-electron chi connectivity index (χ4n) is 3.32. The van der Waals surface area contributed by atoms with Gasteiger partial charge < -0.3 is 9.47 Å². The van der Waals surface area contributed by atoms with Gasteiger partial charge >= 0.3 is 5.97 Å². The van der Waals surface area contributed by atoms with Gasteiger partial charge in [0.15, 0.2) is 5.78 Å². The number of aryl methyl sites for hydroxylation is 1. The standard InChI is InChI=1S/C25H26O4/c1-28-22-15-7-10-19(17-22)9-5-6-14-23(18-21-13-8-16-24(21)26)29-25(27)20-11-3-2-4-12-20/h2-4,6-7,10-15,17,23H,5,8-9,16,18H2,1H3/b14-6+. The Hall–Kier alpha value is -3.14. The molecule has 4 nitrogen and oxygen atoms in total. The number of carbonyl (C=O) groups excluding carboxylic acids is 2. The van der Waals surface area contributed by atoms with E-state index in [2.05, 4.69) is 6.07 Å². The summed E-state index contributed by atoms with van der Waals surface area (Å²) in [5, 5.41) is 0. The van der Waals surface area contributed by atoms with Crippen LogP contribution in [0.15, 0.2) is 78.4 Å². The van der Waals surface area contributed by atoms with Gasteiger partial charge in [0, 0.05) is 12.8 Å². The van der Waals surface area contributed by atoms with Gasteiger partial charge in [-0.25, -0.2) is 4.79 Å². The minimum Gasteiger partial charge on any atom is -0.497 e. The second-order valence-electron chi connectivity index (χ2n) is 7.02. The third-order valence-corrected chi connectivity index (χ3v) is 4.89. The zero-order valence-corrected chi connectivity index (χ0v) is 16.7. The molecule has 1 atom stereocenters. The van der Waals surface area contributed by atoms with E-state index in [1.807, 2.05) is 42.5 Å². The molecule has 1 aliphatic rings. The van der Waals surface area contributed by atoms with Crippen molar-refractivity contribution in [2.75, 3.05) is 7.11 Å². The quantitative estimate of drug-likeness (QED) is 0.442. The van der Waals surface area contributed by atoms with Crippen LogP contribution in [0.3, 0.4) is 0 Å². The molecule has 4 heteroatoms. The lowest BCUT2D eigenvalue weighted by Crippen LogP contribution is -2.18. The Morgan fingerprint density at radius 2 is 1.97 bits per heavy atom. The van der Waals surface area contributed by atoms with Gasteiger partial charge in [-0.05, 0) is 60.7 Å². The molecule has 0 spiro atoms. The third-order valence-electron chi connectivity index (χ3n) is 4.89. The van der Waals surface area contributed by atoms with Crippen LogP contribution in [-0.4, -0.2) is 25.0 Å². The van der Waals surface area contributed by atoms with E-state index in [1.54, 1.807) is 31.4 Å². The van der Waals surface area contributed by atoms with Gasteiger partial charge in [-0.15, -0.1) is 0 Å². The molecular formula is C25H26O4. The number of allylic oxidation sites excluding steroid dienone is 2. The number of rotatable bonds is 9. The van der Waals surface area contributed by atoms with Gasteiger partial charge in [0.1, 0.15) is 11.9 Å². The van der Waals surface area contributed by atoms with Crippen LogP contribution in [0.4, 0.5) is 0 Å². The van der Waals surface area contributed by atoms with E-state index in [0.29, 0.717) is 18.4 Å². The normalized spacial score (nSPS) is 14.7. The molecule has 0 aromatic heterocycles. The first-order valence-electron chi connectivity index (χ1n) is 9.93. The number of ether oxygens (including phenoxy) is 2. The maximum Gasteiger partial charge on any atom is 0.338 e. The summed E-state index contributed by atoms with van der Waals surface area (Å²) >= 11 is 0. The Balaban J connectivity index is 1.62. The average molecular weight is 390 g/mol. The molecule has 0 N–H and O–H groups in total. The Morgan fingerprint density at radius 1 is 1.14 bits per heavy atom. The van der Waals surface area contributed by atoms with Crippen LogP contribution in [0, 0.1) is 0 Å². The van der Waals surface area contributed by atoms with Crippen LogP contribution in [0.5, 0.6) is 5.75 Å². The van der Waals surface area contributed by atoms with E-state index in [-0.39, 0.29) is 11.8 Å². The number of esters is 1. The summed E-state index contributed by atoms with van der Waals surface area (Å²) in [5.41, 5.74) is 2.45. The maximum atomic E-state index is 12.5. The van der Waals surface area contributed by atoms with Crippen LogP contribution < -0.4 is 4.74 Å². The number of carbonyl (C=O) groups is 2. The van der Waals surface area contributed by atoms with Crippen LogP contribution in [0.25, 0.3) is 0 Å². The number of ketones is 1. The Bertz CT molecular complexity index is 896. The van der Waals surface area contributed by atoms with Crippen LogP contribution in [0.2, 0.25) is 0 Å². The molecule has 150 valence electrons. The van der Waals surface area contributed by atoms with Crippen molar-refractivity contribution in [2.24, 2.45) is 0 Å². The first-order chi connectivity index (χ1) is 14.2. The molecule has 0 aliphatic heterocycles. The summed E-state index contributed by atoms with van der Waals surface area (Å²) in [7, 11) is 1.66. The minimum atomic E-state index is -0.457. The summed E-state index contributed by atoms with van der Waals surface area (Å²) in [5.74, 6) is 0.613. The second-order valence-corrected chi connectivity index (χ2v) is 7.02. The molecule has 0 amide bonds. The van der Waals surface area contributed by atoms with Crippen LogP contribution in [0.1, 0.15) is 41.6 Å². The molecule has 0 saturated heterocycles. The molecule has 29 heavy (non-hydrogen) atoms. The van der Waals surface area contributed by atoms with Crippen molar-refractivity contribution in [3.8, 4) is 5.75 Å². The molecule has 3 rings (SSSR count). The van der Waals surface area contributed by atoms with Gasteiger partial charge in [-0.3, -0.25) is 4.79 Å². The molecule has 1 unspecified atom stereocenters. The van der Waals surface area contributed by atoms with Gasteiger partial charge in [0.05, 0.1) is 12.7 Å². The minimum absolute atomic E-state index is 0.149. The lowest BCUT2D eigenvalue weighted by Gasteiger charge is -2.15. The first kappa shape index (κ1) is 20.6. The molecule has 0 radical (unpaired) electrons. The number of hydrogen-bond acceptors (Lipinski definition) is 4.